The van der Waals surface area contributed by atoms with Crippen LogP contribution in [0.4, 0.5) is 10.1 Å². The van der Waals surface area contributed by atoms with Gasteiger partial charge in [0.05, 0.1) is 5.69 Å². The van der Waals surface area contributed by atoms with Gasteiger partial charge in [-0.15, -0.1) is 0 Å². The summed E-state index contributed by atoms with van der Waals surface area (Å²) in [5.41, 5.74) is 1.23. The molecule has 0 aliphatic carbocycles. The molecule has 1 unspecified atom stereocenters. The maximum Gasteiger partial charge on any atom is 0.169 e. The Labute approximate surface area is 130 Å². The maximum absolute atomic E-state index is 14.4. The Hall–Kier alpha value is -0.790. The van der Waals surface area contributed by atoms with Gasteiger partial charge in [-0.1, -0.05) is 19.1 Å². The second-order valence-electron chi connectivity index (χ2n) is 5.08. The van der Waals surface area contributed by atoms with Gasteiger partial charge < -0.3 is 10.2 Å². The molecule has 0 bridgehead atoms. The van der Waals surface area contributed by atoms with Gasteiger partial charge in [0.2, 0.25) is 0 Å². The van der Waals surface area contributed by atoms with Crippen molar-refractivity contribution in [3.05, 3.63) is 29.6 Å². The zero-order valence-electron chi connectivity index (χ0n) is 12.3. The Morgan fingerprint density at radius 2 is 2.24 bits per heavy atom. The van der Waals surface area contributed by atoms with E-state index in [0.29, 0.717) is 24.5 Å². The molecule has 1 N–H and O–H groups in total. The number of anilines is 1. The van der Waals surface area contributed by atoms with Crippen molar-refractivity contribution >= 4 is 27.3 Å². The molecular weight excluding hydrogens is 311 g/mol. The first-order valence-electron chi connectivity index (χ1n) is 6.96. The third-order valence-electron chi connectivity index (χ3n) is 3.50. The van der Waals surface area contributed by atoms with Gasteiger partial charge in [0.1, 0.15) is 11.2 Å². The van der Waals surface area contributed by atoms with Crippen LogP contribution in [-0.2, 0) is 16.4 Å². The van der Waals surface area contributed by atoms with E-state index in [0.717, 1.165) is 17.9 Å². The van der Waals surface area contributed by atoms with E-state index in [4.69, 9.17) is 0 Å². The molecule has 1 atom stereocenters. The first kappa shape index (κ1) is 16.6. The highest BCUT2D eigenvalue weighted by molar-refractivity contribution is 8.01. The van der Waals surface area contributed by atoms with Crippen molar-refractivity contribution < 1.29 is 12.8 Å². The van der Waals surface area contributed by atoms with E-state index >= 15 is 0 Å². The van der Waals surface area contributed by atoms with Crippen LogP contribution < -0.4 is 10.2 Å². The van der Waals surface area contributed by atoms with Crippen molar-refractivity contribution in [3.63, 3.8) is 0 Å². The molecule has 21 heavy (non-hydrogen) atoms. The van der Waals surface area contributed by atoms with Gasteiger partial charge in [-0.05, 0) is 18.2 Å². The molecule has 0 amide bonds. The van der Waals surface area contributed by atoms with E-state index in [1.165, 1.54) is 12.3 Å². The largest absolute Gasteiger partial charge is 0.351 e. The molecule has 2 rings (SSSR count). The molecule has 1 aliphatic rings. The molecule has 0 radical (unpaired) electrons. The highest BCUT2D eigenvalue weighted by Crippen LogP contribution is 2.31. The minimum Gasteiger partial charge on any atom is -0.351 e. The zero-order chi connectivity index (χ0) is 15.5. The van der Waals surface area contributed by atoms with Crippen molar-refractivity contribution in [1.82, 2.24) is 5.32 Å². The third kappa shape index (κ3) is 3.90. The number of halogens is 1. The molecular formula is C14H21FN2O2S2. The molecule has 0 saturated carbocycles. The maximum atomic E-state index is 14.4. The summed E-state index contributed by atoms with van der Waals surface area (Å²) in [5.74, 6) is 0.931. The number of para-hydroxylation sites is 1. The van der Waals surface area contributed by atoms with E-state index < -0.39 is 15.2 Å². The standard InChI is InChI=1S/C14H21FN2O2S2/c1-3-16-9-11-5-4-6-12(15)14(11)17-7-8-20-10-13(17)21(2,18)19/h4-6,13,16H,3,7-10H2,1-2H3. The van der Waals surface area contributed by atoms with Gasteiger partial charge in [-0.2, -0.15) is 11.8 Å². The monoisotopic (exact) mass is 332 g/mol. The lowest BCUT2D eigenvalue weighted by atomic mass is 10.1. The van der Waals surface area contributed by atoms with Crippen molar-refractivity contribution in [2.45, 2.75) is 18.8 Å². The number of hydrogen-bond acceptors (Lipinski definition) is 5. The van der Waals surface area contributed by atoms with Crippen molar-refractivity contribution in [2.24, 2.45) is 0 Å². The first-order valence-corrected chi connectivity index (χ1v) is 10.1. The summed E-state index contributed by atoms with van der Waals surface area (Å²) >= 11 is 1.60. The second-order valence-corrected chi connectivity index (χ2v) is 8.43. The topological polar surface area (TPSA) is 49.4 Å². The SMILES string of the molecule is CCNCc1cccc(F)c1N1CCSCC1S(C)(=O)=O. The molecule has 1 aromatic carbocycles. The van der Waals surface area contributed by atoms with Gasteiger partial charge in [0, 0.05) is 30.9 Å². The number of thioether (sulfide) groups is 1. The lowest BCUT2D eigenvalue weighted by Crippen LogP contribution is -2.48. The normalized spacial score (nSPS) is 19.8. The van der Waals surface area contributed by atoms with Crippen LogP contribution >= 0.6 is 11.8 Å². The predicted octanol–water partition coefficient (Wildman–Crippen LogP) is 1.86. The average molecular weight is 332 g/mol. The summed E-state index contributed by atoms with van der Waals surface area (Å²) in [6.45, 7) is 3.84. The number of hydrogen-bond donors (Lipinski definition) is 1. The van der Waals surface area contributed by atoms with Crippen molar-refractivity contribution in [2.75, 3.05) is 35.8 Å². The van der Waals surface area contributed by atoms with E-state index in [1.54, 1.807) is 22.7 Å². The van der Waals surface area contributed by atoms with Gasteiger partial charge in [-0.25, -0.2) is 12.8 Å². The molecule has 118 valence electrons. The molecule has 1 fully saturated rings. The predicted molar refractivity (Wildman–Crippen MR) is 87.1 cm³/mol. The van der Waals surface area contributed by atoms with Crippen LogP contribution in [-0.4, -0.2) is 44.6 Å². The summed E-state index contributed by atoms with van der Waals surface area (Å²) in [5, 5.41) is 2.52. The van der Waals surface area contributed by atoms with Crippen molar-refractivity contribution in [1.29, 1.82) is 0 Å². The van der Waals surface area contributed by atoms with E-state index in [9.17, 15) is 12.8 Å². The van der Waals surface area contributed by atoms with Gasteiger partial charge >= 0.3 is 0 Å². The van der Waals surface area contributed by atoms with E-state index in [2.05, 4.69) is 5.32 Å². The van der Waals surface area contributed by atoms with Crippen LogP contribution in [0.1, 0.15) is 12.5 Å². The van der Waals surface area contributed by atoms with E-state index in [-0.39, 0.29) is 5.82 Å². The average Bonchev–Trinajstić information content (AvgIpc) is 2.44. The summed E-state index contributed by atoms with van der Waals surface area (Å²) in [4.78, 5) is 1.72. The highest BCUT2D eigenvalue weighted by Gasteiger charge is 2.33. The Morgan fingerprint density at radius 3 is 2.90 bits per heavy atom. The summed E-state index contributed by atoms with van der Waals surface area (Å²) in [6.07, 6.45) is 1.22. The minimum absolute atomic E-state index is 0.356. The second kappa shape index (κ2) is 6.98. The Morgan fingerprint density at radius 1 is 1.48 bits per heavy atom. The highest BCUT2D eigenvalue weighted by atomic mass is 32.2. The van der Waals surface area contributed by atoms with Gasteiger partial charge in [0.15, 0.2) is 9.84 Å². The van der Waals surface area contributed by atoms with Crippen LogP contribution in [0.2, 0.25) is 0 Å². The Balaban J connectivity index is 2.42. The molecule has 4 nitrogen and oxygen atoms in total. The molecule has 1 heterocycles. The fraction of sp³-hybridized carbons (Fsp3) is 0.571. The van der Waals surface area contributed by atoms with Gasteiger partial charge in [-0.3, -0.25) is 0 Å². The fourth-order valence-corrected chi connectivity index (χ4v) is 5.30. The smallest absolute Gasteiger partial charge is 0.169 e. The van der Waals surface area contributed by atoms with Gasteiger partial charge in [0.25, 0.3) is 0 Å². The minimum atomic E-state index is -3.26. The van der Waals surface area contributed by atoms with Crippen LogP contribution in [0, 0.1) is 5.82 Å². The summed E-state index contributed by atoms with van der Waals surface area (Å²) < 4.78 is 38.4. The lowest BCUT2D eigenvalue weighted by molar-refractivity contribution is 0.576. The first-order chi connectivity index (χ1) is 9.95. The van der Waals surface area contributed by atoms with Crippen LogP contribution in [0.25, 0.3) is 0 Å². The Kier molecular flexibility index (Phi) is 5.51. The number of nitrogens with one attached hydrogen (secondary N) is 1. The summed E-state index contributed by atoms with van der Waals surface area (Å²) in [7, 11) is -3.26. The number of rotatable bonds is 5. The van der Waals surface area contributed by atoms with E-state index in [1.807, 2.05) is 13.0 Å². The lowest BCUT2D eigenvalue weighted by Gasteiger charge is -2.37. The Bertz CT molecular complexity index is 593. The van der Waals surface area contributed by atoms with Crippen LogP contribution in [0.15, 0.2) is 18.2 Å². The molecule has 0 aromatic heterocycles. The third-order valence-corrected chi connectivity index (χ3v) is 6.15. The molecule has 0 spiro atoms. The fourth-order valence-electron chi connectivity index (χ4n) is 2.48. The van der Waals surface area contributed by atoms with Crippen molar-refractivity contribution in [3.8, 4) is 0 Å². The number of sulfone groups is 1. The molecule has 7 heteroatoms. The number of benzene rings is 1. The number of nitrogens with zero attached hydrogens (tertiary/aromatic N) is 1. The van der Waals surface area contributed by atoms with Crippen LogP contribution in [0.3, 0.4) is 0 Å². The zero-order valence-corrected chi connectivity index (χ0v) is 13.9. The quantitative estimate of drug-likeness (QED) is 0.892. The van der Waals surface area contributed by atoms with Crippen LogP contribution in [0.5, 0.6) is 0 Å². The summed E-state index contributed by atoms with van der Waals surface area (Å²) in [6, 6.07) is 4.91. The molecule has 1 aromatic rings. The molecule has 1 saturated heterocycles. The molecule has 1 aliphatic heterocycles.